The quantitative estimate of drug-likeness (QED) is 0.686. The lowest BCUT2D eigenvalue weighted by molar-refractivity contribution is -0.122. The number of nitrogens with one attached hydrogen (secondary N) is 2. The van der Waals surface area contributed by atoms with Gasteiger partial charge in [-0.05, 0) is 12.8 Å². The molecule has 1 fully saturated rings. The molecule has 2 N–H and O–H groups in total. The SMILES string of the molecule is COCCNc1ncnc2c1cnn2CCNC(=O)C1CC1. The number of hydrogen-bond donors (Lipinski definition) is 2. The zero-order valence-electron chi connectivity index (χ0n) is 12.6. The molecular formula is C14H20N6O2. The lowest BCUT2D eigenvalue weighted by Crippen LogP contribution is -2.28. The summed E-state index contributed by atoms with van der Waals surface area (Å²) in [6.45, 7) is 2.43. The Kier molecular flexibility index (Phi) is 4.47. The Morgan fingerprint density at radius 3 is 3.05 bits per heavy atom. The van der Waals surface area contributed by atoms with E-state index in [1.54, 1.807) is 18.0 Å². The Balaban J connectivity index is 1.63. The van der Waals surface area contributed by atoms with E-state index in [0.717, 1.165) is 29.7 Å². The van der Waals surface area contributed by atoms with Crippen molar-refractivity contribution in [3.05, 3.63) is 12.5 Å². The normalized spacial score (nSPS) is 14.2. The third-order valence-corrected chi connectivity index (χ3v) is 3.60. The summed E-state index contributed by atoms with van der Waals surface area (Å²) in [5.74, 6) is 1.12. The first kappa shape index (κ1) is 14.7. The van der Waals surface area contributed by atoms with Crippen LogP contribution in [0.25, 0.3) is 11.0 Å². The summed E-state index contributed by atoms with van der Waals surface area (Å²) in [6.07, 6.45) is 5.28. The second kappa shape index (κ2) is 6.69. The summed E-state index contributed by atoms with van der Waals surface area (Å²) < 4.78 is 6.80. The highest BCUT2D eigenvalue weighted by atomic mass is 16.5. The molecule has 1 aliphatic carbocycles. The van der Waals surface area contributed by atoms with Crippen LogP contribution in [0.2, 0.25) is 0 Å². The van der Waals surface area contributed by atoms with Gasteiger partial charge in [-0.1, -0.05) is 0 Å². The second-order valence-electron chi connectivity index (χ2n) is 5.31. The monoisotopic (exact) mass is 304 g/mol. The van der Waals surface area contributed by atoms with Crippen LogP contribution in [0.3, 0.4) is 0 Å². The molecule has 0 bridgehead atoms. The molecule has 3 rings (SSSR count). The molecule has 8 heteroatoms. The molecule has 8 nitrogen and oxygen atoms in total. The maximum atomic E-state index is 11.6. The van der Waals surface area contributed by atoms with Crippen molar-refractivity contribution in [1.29, 1.82) is 0 Å². The summed E-state index contributed by atoms with van der Waals surface area (Å²) in [6, 6.07) is 0. The number of rotatable bonds is 8. The molecule has 2 aromatic rings. The maximum absolute atomic E-state index is 11.6. The number of hydrogen-bond acceptors (Lipinski definition) is 6. The number of methoxy groups -OCH3 is 1. The van der Waals surface area contributed by atoms with E-state index in [-0.39, 0.29) is 11.8 Å². The average Bonchev–Trinajstić information content (AvgIpc) is 3.30. The van der Waals surface area contributed by atoms with Gasteiger partial charge >= 0.3 is 0 Å². The van der Waals surface area contributed by atoms with E-state index >= 15 is 0 Å². The fourth-order valence-corrected chi connectivity index (χ4v) is 2.24. The zero-order chi connectivity index (χ0) is 15.4. The number of ether oxygens (including phenoxy) is 1. The molecular weight excluding hydrogens is 284 g/mol. The first-order valence-electron chi connectivity index (χ1n) is 7.46. The molecule has 1 amide bonds. The summed E-state index contributed by atoms with van der Waals surface area (Å²) in [5.41, 5.74) is 0.760. The lowest BCUT2D eigenvalue weighted by atomic mass is 10.4. The minimum atomic E-state index is 0.146. The minimum absolute atomic E-state index is 0.146. The number of amides is 1. The fourth-order valence-electron chi connectivity index (χ4n) is 2.24. The molecule has 22 heavy (non-hydrogen) atoms. The predicted molar refractivity (Wildman–Crippen MR) is 81.4 cm³/mol. The molecule has 0 atom stereocenters. The van der Waals surface area contributed by atoms with Gasteiger partial charge in [-0.3, -0.25) is 4.79 Å². The largest absolute Gasteiger partial charge is 0.383 e. The van der Waals surface area contributed by atoms with Crippen molar-refractivity contribution in [2.75, 3.05) is 32.1 Å². The standard InChI is InChI=1S/C14H20N6O2/c1-22-7-5-15-12-11-8-19-20(13(11)18-9-17-12)6-4-16-14(21)10-2-3-10/h8-10H,2-7H2,1H3,(H,16,21)(H,15,17,18). The Labute approximate surface area is 128 Å². The molecule has 2 heterocycles. The van der Waals surface area contributed by atoms with Crippen LogP contribution in [0.1, 0.15) is 12.8 Å². The van der Waals surface area contributed by atoms with Crippen molar-refractivity contribution in [3.8, 4) is 0 Å². The molecule has 0 radical (unpaired) electrons. The van der Waals surface area contributed by atoms with Gasteiger partial charge in [-0.15, -0.1) is 0 Å². The van der Waals surface area contributed by atoms with E-state index in [4.69, 9.17) is 4.74 Å². The van der Waals surface area contributed by atoms with Crippen LogP contribution in [-0.4, -0.2) is 52.5 Å². The van der Waals surface area contributed by atoms with Crippen LogP contribution in [-0.2, 0) is 16.1 Å². The number of carbonyl (C=O) groups excluding carboxylic acids is 1. The van der Waals surface area contributed by atoms with Gasteiger partial charge in [0.15, 0.2) is 5.65 Å². The van der Waals surface area contributed by atoms with Gasteiger partial charge < -0.3 is 15.4 Å². The topological polar surface area (TPSA) is 94.0 Å². The molecule has 0 aliphatic heterocycles. The van der Waals surface area contributed by atoms with Crippen LogP contribution in [0.4, 0.5) is 5.82 Å². The number of carbonyl (C=O) groups is 1. The molecule has 0 spiro atoms. The lowest BCUT2D eigenvalue weighted by Gasteiger charge is -2.07. The first-order valence-corrected chi connectivity index (χ1v) is 7.46. The van der Waals surface area contributed by atoms with Gasteiger partial charge in [0.25, 0.3) is 0 Å². The highest BCUT2D eigenvalue weighted by molar-refractivity contribution is 5.86. The van der Waals surface area contributed by atoms with Crippen LogP contribution >= 0.6 is 0 Å². The average molecular weight is 304 g/mol. The van der Waals surface area contributed by atoms with Gasteiger partial charge in [0, 0.05) is 26.1 Å². The number of aromatic nitrogens is 4. The van der Waals surface area contributed by atoms with Crippen molar-refractivity contribution in [3.63, 3.8) is 0 Å². The molecule has 1 aliphatic rings. The van der Waals surface area contributed by atoms with E-state index in [9.17, 15) is 4.79 Å². The van der Waals surface area contributed by atoms with Crippen LogP contribution in [0, 0.1) is 5.92 Å². The van der Waals surface area contributed by atoms with Gasteiger partial charge in [0.2, 0.25) is 5.91 Å². The molecule has 0 saturated heterocycles. The Hall–Kier alpha value is -2.22. The summed E-state index contributed by atoms with van der Waals surface area (Å²) >= 11 is 0. The summed E-state index contributed by atoms with van der Waals surface area (Å²) in [4.78, 5) is 20.1. The van der Waals surface area contributed by atoms with E-state index < -0.39 is 0 Å². The maximum Gasteiger partial charge on any atom is 0.223 e. The van der Waals surface area contributed by atoms with Crippen LogP contribution < -0.4 is 10.6 Å². The highest BCUT2D eigenvalue weighted by Gasteiger charge is 2.29. The number of anilines is 1. The van der Waals surface area contributed by atoms with Gasteiger partial charge in [0.1, 0.15) is 12.1 Å². The Morgan fingerprint density at radius 1 is 1.41 bits per heavy atom. The Bertz CT molecular complexity index is 652. The van der Waals surface area contributed by atoms with E-state index in [0.29, 0.717) is 26.2 Å². The van der Waals surface area contributed by atoms with Crippen molar-refractivity contribution in [2.45, 2.75) is 19.4 Å². The van der Waals surface area contributed by atoms with Crippen molar-refractivity contribution in [1.82, 2.24) is 25.1 Å². The van der Waals surface area contributed by atoms with Crippen LogP contribution in [0.5, 0.6) is 0 Å². The van der Waals surface area contributed by atoms with Crippen molar-refractivity contribution in [2.24, 2.45) is 5.92 Å². The van der Waals surface area contributed by atoms with E-state index in [2.05, 4.69) is 25.7 Å². The molecule has 0 aromatic carbocycles. The summed E-state index contributed by atoms with van der Waals surface area (Å²) in [7, 11) is 1.66. The van der Waals surface area contributed by atoms with E-state index in [1.165, 1.54) is 6.33 Å². The molecule has 2 aromatic heterocycles. The smallest absolute Gasteiger partial charge is 0.223 e. The minimum Gasteiger partial charge on any atom is -0.383 e. The van der Waals surface area contributed by atoms with E-state index in [1.807, 2.05) is 0 Å². The number of fused-ring (bicyclic) bond motifs is 1. The third kappa shape index (κ3) is 3.33. The summed E-state index contributed by atoms with van der Waals surface area (Å²) in [5, 5.41) is 11.3. The predicted octanol–water partition coefficient (Wildman–Crippen LogP) is 0.411. The molecule has 1 saturated carbocycles. The van der Waals surface area contributed by atoms with Crippen molar-refractivity contribution < 1.29 is 9.53 Å². The highest BCUT2D eigenvalue weighted by Crippen LogP contribution is 2.28. The zero-order valence-corrected chi connectivity index (χ0v) is 12.6. The number of nitrogens with zero attached hydrogens (tertiary/aromatic N) is 4. The van der Waals surface area contributed by atoms with Crippen LogP contribution in [0.15, 0.2) is 12.5 Å². The molecule has 118 valence electrons. The van der Waals surface area contributed by atoms with Gasteiger partial charge in [-0.2, -0.15) is 5.10 Å². The molecule has 0 unspecified atom stereocenters. The third-order valence-electron chi connectivity index (χ3n) is 3.60. The van der Waals surface area contributed by atoms with Gasteiger partial charge in [0.05, 0.1) is 24.7 Å². The Morgan fingerprint density at radius 2 is 2.27 bits per heavy atom. The van der Waals surface area contributed by atoms with Crippen molar-refractivity contribution >= 4 is 22.8 Å². The first-order chi connectivity index (χ1) is 10.8. The van der Waals surface area contributed by atoms with Gasteiger partial charge in [-0.25, -0.2) is 14.6 Å². The second-order valence-corrected chi connectivity index (χ2v) is 5.31. The fraction of sp³-hybridized carbons (Fsp3) is 0.571.